The van der Waals surface area contributed by atoms with Crippen LogP contribution in [0.4, 0.5) is 0 Å². The highest BCUT2D eigenvalue weighted by Gasteiger charge is 1.94. The molecule has 0 atom stereocenters. The standard InChI is InChI=1S/C4H6O10/c1-3-5-7-9-11-13-14-12-10-8-6-4-2/h3-4H,1-2H2. The minimum Gasteiger partial charge on any atom is -0.315 e. The van der Waals surface area contributed by atoms with Crippen molar-refractivity contribution < 1.29 is 50.1 Å². The third-order valence-electron chi connectivity index (χ3n) is 0.409. The molecule has 0 rings (SSSR count). The predicted molar refractivity (Wildman–Crippen MR) is 31.2 cm³/mol. The molecule has 0 saturated heterocycles. The molecule has 0 spiro atoms. The molecule has 82 valence electrons. The summed E-state index contributed by atoms with van der Waals surface area (Å²) < 4.78 is 0. The Morgan fingerprint density at radius 1 is 0.500 bits per heavy atom. The van der Waals surface area contributed by atoms with E-state index >= 15 is 0 Å². The van der Waals surface area contributed by atoms with Crippen LogP contribution in [0.15, 0.2) is 25.7 Å². The molecule has 14 heavy (non-hydrogen) atoms. The SMILES string of the molecule is C=COOOOOOOOOOC=C. The van der Waals surface area contributed by atoms with Gasteiger partial charge in [-0.05, 0) is 0 Å². The van der Waals surface area contributed by atoms with E-state index in [0.29, 0.717) is 0 Å². The van der Waals surface area contributed by atoms with Crippen LogP contribution in [0.5, 0.6) is 0 Å². The van der Waals surface area contributed by atoms with Crippen LogP contribution in [0.3, 0.4) is 0 Å². The van der Waals surface area contributed by atoms with E-state index in [2.05, 4.69) is 63.2 Å². The first kappa shape index (κ1) is 12.8. The van der Waals surface area contributed by atoms with Gasteiger partial charge in [-0.15, -0.1) is 0 Å². The lowest BCUT2D eigenvalue weighted by Crippen LogP contribution is -2.01. The fourth-order valence-electron chi connectivity index (χ4n) is 0.156. The summed E-state index contributed by atoms with van der Waals surface area (Å²) in [6.07, 6.45) is 1.81. The first-order chi connectivity index (χ1) is 6.91. The van der Waals surface area contributed by atoms with E-state index in [1.54, 1.807) is 0 Å². The van der Waals surface area contributed by atoms with Crippen molar-refractivity contribution in [3.8, 4) is 0 Å². The normalized spacial score (nSPS) is 9.43. The summed E-state index contributed by atoms with van der Waals surface area (Å²) in [6.45, 7) is 6.20. The molecule has 0 aromatic heterocycles. The zero-order chi connectivity index (χ0) is 10.5. The molecule has 0 heterocycles. The molecule has 10 heteroatoms. The Kier molecular flexibility index (Phi) is 10.7. The Morgan fingerprint density at radius 3 is 1.07 bits per heavy atom. The average molecular weight is 214 g/mol. The maximum absolute atomic E-state index is 3.95. The lowest BCUT2D eigenvalue weighted by atomic mass is 11.2. The lowest BCUT2D eigenvalue weighted by Gasteiger charge is -1.97. The van der Waals surface area contributed by atoms with E-state index in [9.17, 15) is 0 Å². The highest BCUT2D eigenvalue weighted by atomic mass is 17.9. The lowest BCUT2D eigenvalue weighted by molar-refractivity contribution is -0.841. The minimum atomic E-state index is 0.907. The van der Waals surface area contributed by atoms with E-state index in [-0.39, 0.29) is 0 Å². The highest BCUT2D eigenvalue weighted by molar-refractivity contribution is 4.41. The Morgan fingerprint density at radius 2 is 0.786 bits per heavy atom. The van der Waals surface area contributed by atoms with Gasteiger partial charge < -0.3 is 9.78 Å². The second-order valence-electron chi connectivity index (χ2n) is 1.07. The number of rotatable bonds is 11. The van der Waals surface area contributed by atoms with Crippen molar-refractivity contribution in [2.24, 2.45) is 0 Å². The van der Waals surface area contributed by atoms with Crippen LogP contribution in [0.1, 0.15) is 0 Å². The molecular weight excluding hydrogens is 208 g/mol. The van der Waals surface area contributed by atoms with E-state index < -0.39 is 0 Å². The zero-order valence-corrected chi connectivity index (χ0v) is 6.65. The van der Waals surface area contributed by atoms with Crippen molar-refractivity contribution >= 4 is 0 Å². The minimum absolute atomic E-state index is 0.907. The van der Waals surface area contributed by atoms with E-state index in [1.165, 1.54) is 0 Å². The van der Waals surface area contributed by atoms with Gasteiger partial charge in [0, 0.05) is 40.3 Å². The monoisotopic (exact) mass is 214 g/mol. The van der Waals surface area contributed by atoms with Gasteiger partial charge in [0.2, 0.25) is 0 Å². The molecule has 0 aliphatic rings. The molecule has 0 aliphatic carbocycles. The molecule has 0 aliphatic heterocycles. The smallest absolute Gasteiger partial charge is 0.125 e. The Bertz CT molecular complexity index is 120. The summed E-state index contributed by atoms with van der Waals surface area (Å²) in [7, 11) is 0. The van der Waals surface area contributed by atoms with E-state index in [1.807, 2.05) is 0 Å². The van der Waals surface area contributed by atoms with Crippen molar-refractivity contribution in [3.63, 3.8) is 0 Å². The first-order valence-corrected chi connectivity index (χ1v) is 2.79. The van der Waals surface area contributed by atoms with Crippen molar-refractivity contribution in [2.75, 3.05) is 0 Å². The largest absolute Gasteiger partial charge is 0.315 e. The van der Waals surface area contributed by atoms with Gasteiger partial charge in [0.15, 0.2) is 0 Å². The molecule has 10 nitrogen and oxygen atoms in total. The van der Waals surface area contributed by atoms with Crippen molar-refractivity contribution in [3.05, 3.63) is 25.7 Å². The second kappa shape index (κ2) is 11.8. The van der Waals surface area contributed by atoms with E-state index in [0.717, 1.165) is 12.5 Å². The van der Waals surface area contributed by atoms with Crippen LogP contribution < -0.4 is 0 Å². The van der Waals surface area contributed by atoms with Crippen molar-refractivity contribution in [2.45, 2.75) is 0 Å². The Labute approximate surface area is 77.0 Å². The topological polar surface area (TPSA) is 92.3 Å². The zero-order valence-electron chi connectivity index (χ0n) is 6.65. The van der Waals surface area contributed by atoms with Crippen LogP contribution in [0, 0.1) is 0 Å². The number of hydrogen-bond donors (Lipinski definition) is 0. The van der Waals surface area contributed by atoms with Crippen LogP contribution in [0.2, 0.25) is 0 Å². The first-order valence-electron chi connectivity index (χ1n) is 2.79. The van der Waals surface area contributed by atoms with Crippen LogP contribution in [-0.2, 0) is 50.1 Å². The van der Waals surface area contributed by atoms with Gasteiger partial charge in [0.25, 0.3) is 0 Å². The molecule has 0 bridgehead atoms. The Balaban J connectivity index is 2.84. The van der Waals surface area contributed by atoms with Crippen molar-refractivity contribution in [1.82, 2.24) is 0 Å². The van der Waals surface area contributed by atoms with Crippen LogP contribution in [0.25, 0.3) is 0 Å². The summed E-state index contributed by atoms with van der Waals surface area (Å²) in [6, 6.07) is 0. The van der Waals surface area contributed by atoms with Gasteiger partial charge in [0.1, 0.15) is 12.5 Å². The molecule has 0 unspecified atom stereocenters. The van der Waals surface area contributed by atoms with Crippen LogP contribution in [-0.4, -0.2) is 0 Å². The molecule has 0 aromatic rings. The average Bonchev–Trinajstić information content (AvgIpc) is 2.21. The molecule has 0 fully saturated rings. The van der Waals surface area contributed by atoms with Crippen molar-refractivity contribution in [1.29, 1.82) is 0 Å². The second-order valence-corrected chi connectivity index (χ2v) is 1.07. The highest BCUT2D eigenvalue weighted by Crippen LogP contribution is 1.90. The number of hydrogen-bond acceptors (Lipinski definition) is 10. The maximum atomic E-state index is 3.95. The fourth-order valence-corrected chi connectivity index (χ4v) is 0.156. The van der Waals surface area contributed by atoms with Gasteiger partial charge >= 0.3 is 0 Å². The molecule has 0 amide bonds. The maximum Gasteiger partial charge on any atom is 0.125 e. The summed E-state index contributed by atoms with van der Waals surface area (Å²) in [5, 5.41) is 29.1. The molecule has 0 N–H and O–H groups in total. The third-order valence-corrected chi connectivity index (χ3v) is 0.409. The third kappa shape index (κ3) is 10.8. The fraction of sp³-hybridized carbons (Fsp3) is 0. The van der Waals surface area contributed by atoms with Gasteiger partial charge in [-0.1, -0.05) is 13.2 Å². The summed E-state index contributed by atoms with van der Waals surface area (Å²) in [4.78, 5) is 7.89. The molecule has 0 radical (unpaired) electrons. The molecular formula is C4H6O10. The summed E-state index contributed by atoms with van der Waals surface area (Å²) in [5.74, 6) is 0. The van der Waals surface area contributed by atoms with Crippen LogP contribution >= 0.6 is 0 Å². The molecule has 0 aromatic carbocycles. The quantitative estimate of drug-likeness (QED) is 0.211. The van der Waals surface area contributed by atoms with E-state index in [4.69, 9.17) is 0 Å². The molecule has 0 saturated carbocycles. The van der Waals surface area contributed by atoms with Gasteiger partial charge in [-0.3, -0.25) is 0 Å². The summed E-state index contributed by atoms with van der Waals surface area (Å²) in [5.41, 5.74) is 0. The van der Waals surface area contributed by atoms with Gasteiger partial charge in [-0.25, -0.2) is 0 Å². The van der Waals surface area contributed by atoms with Gasteiger partial charge in [0.05, 0.1) is 0 Å². The van der Waals surface area contributed by atoms with Gasteiger partial charge in [-0.2, -0.15) is 0 Å². The summed E-state index contributed by atoms with van der Waals surface area (Å²) >= 11 is 0. The Hall–Kier alpha value is -1.24. The predicted octanol–water partition coefficient (Wildman–Crippen LogP) is 0.674.